The standard InChI is InChI=1S/C17H11N3O5/c1-24-15-8-10(6-7-13(15)20(22)23)16(21)11(9-18)17-19-12-4-2-3-5-14(12)25-17/h2-8,11H,1H3/t11-/m0/s1. The van der Waals surface area contributed by atoms with E-state index in [0.29, 0.717) is 11.1 Å². The summed E-state index contributed by atoms with van der Waals surface area (Å²) in [6, 6.07) is 12.4. The number of para-hydroxylation sites is 2. The molecule has 0 radical (unpaired) electrons. The number of nitrogens with zero attached hydrogens (tertiary/aromatic N) is 3. The van der Waals surface area contributed by atoms with Crippen LogP contribution in [0.1, 0.15) is 22.2 Å². The fraction of sp³-hybridized carbons (Fsp3) is 0.118. The zero-order valence-electron chi connectivity index (χ0n) is 13.0. The molecule has 3 aromatic rings. The van der Waals surface area contributed by atoms with E-state index >= 15 is 0 Å². The van der Waals surface area contributed by atoms with Crippen LogP contribution in [0, 0.1) is 21.4 Å². The molecule has 0 unspecified atom stereocenters. The van der Waals surface area contributed by atoms with Gasteiger partial charge < -0.3 is 9.15 Å². The topological polar surface area (TPSA) is 119 Å². The molecule has 1 aromatic heterocycles. The zero-order chi connectivity index (χ0) is 18.0. The number of hydrogen-bond acceptors (Lipinski definition) is 7. The van der Waals surface area contributed by atoms with Crippen molar-refractivity contribution in [1.82, 2.24) is 4.98 Å². The van der Waals surface area contributed by atoms with Crippen molar-refractivity contribution in [3.63, 3.8) is 0 Å². The van der Waals surface area contributed by atoms with E-state index in [1.807, 2.05) is 6.07 Å². The van der Waals surface area contributed by atoms with Gasteiger partial charge in [-0.2, -0.15) is 5.26 Å². The molecule has 0 saturated heterocycles. The van der Waals surface area contributed by atoms with Gasteiger partial charge in [0.15, 0.2) is 23.0 Å². The molecule has 1 heterocycles. The molecule has 0 aliphatic carbocycles. The van der Waals surface area contributed by atoms with Crippen LogP contribution in [-0.2, 0) is 0 Å². The van der Waals surface area contributed by atoms with Gasteiger partial charge in [-0.15, -0.1) is 0 Å². The Bertz CT molecular complexity index is 986. The Morgan fingerprint density at radius 3 is 2.76 bits per heavy atom. The number of nitro benzene ring substituents is 1. The number of nitriles is 1. The van der Waals surface area contributed by atoms with Gasteiger partial charge in [0.2, 0.25) is 5.89 Å². The Labute approximate surface area is 141 Å². The van der Waals surface area contributed by atoms with Gasteiger partial charge in [0.1, 0.15) is 5.52 Å². The molecule has 0 saturated carbocycles. The van der Waals surface area contributed by atoms with Crippen LogP contribution < -0.4 is 4.74 Å². The van der Waals surface area contributed by atoms with E-state index in [0.717, 1.165) is 6.07 Å². The zero-order valence-corrected chi connectivity index (χ0v) is 13.0. The summed E-state index contributed by atoms with van der Waals surface area (Å²) in [6.45, 7) is 0. The first kappa shape index (κ1) is 16.1. The highest BCUT2D eigenvalue weighted by Gasteiger charge is 2.28. The van der Waals surface area contributed by atoms with Crippen LogP contribution in [0.15, 0.2) is 46.9 Å². The predicted molar refractivity (Wildman–Crippen MR) is 86.3 cm³/mol. The maximum Gasteiger partial charge on any atom is 0.310 e. The normalized spacial score (nSPS) is 11.7. The molecule has 8 heteroatoms. The van der Waals surface area contributed by atoms with E-state index < -0.39 is 16.6 Å². The molecule has 124 valence electrons. The number of nitro groups is 1. The Balaban J connectivity index is 2.00. The van der Waals surface area contributed by atoms with Crippen molar-refractivity contribution < 1.29 is 18.9 Å². The van der Waals surface area contributed by atoms with Crippen molar-refractivity contribution >= 4 is 22.6 Å². The van der Waals surface area contributed by atoms with Gasteiger partial charge >= 0.3 is 5.69 Å². The number of ether oxygens (including phenoxy) is 1. The third kappa shape index (κ3) is 2.90. The number of Topliss-reactive ketones (excluding diaryl/α,β-unsaturated/α-hetero) is 1. The third-order valence-corrected chi connectivity index (χ3v) is 3.61. The lowest BCUT2D eigenvalue weighted by molar-refractivity contribution is -0.385. The number of rotatable bonds is 5. The lowest BCUT2D eigenvalue weighted by atomic mass is 9.98. The summed E-state index contributed by atoms with van der Waals surface area (Å²) < 4.78 is 10.4. The van der Waals surface area contributed by atoms with Crippen molar-refractivity contribution in [2.24, 2.45) is 0 Å². The fourth-order valence-electron chi connectivity index (χ4n) is 2.39. The van der Waals surface area contributed by atoms with Gasteiger partial charge in [0.25, 0.3) is 0 Å². The van der Waals surface area contributed by atoms with E-state index in [1.165, 1.54) is 19.2 Å². The number of ketones is 1. The lowest BCUT2D eigenvalue weighted by Gasteiger charge is -2.07. The van der Waals surface area contributed by atoms with E-state index in [1.54, 1.807) is 24.3 Å². The summed E-state index contributed by atoms with van der Waals surface area (Å²) in [4.78, 5) is 27.1. The van der Waals surface area contributed by atoms with Crippen LogP contribution in [0.5, 0.6) is 5.75 Å². The highest BCUT2D eigenvalue weighted by molar-refractivity contribution is 6.03. The first-order chi connectivity index (χ1) is 12.0. The SMILES string of the molecule is COc1cc(C(=O)[C@H](C#N)c2nc3ccccc3o2)ccc1[N+](=O)[O-]. The quantitative estimate of drug-likeness (QED) is 0.398. The second-order valence-corrected chi connectivity index (χ2v) is 5.09. The number of carbonyl (C=O) groups is 1. The second kappa shape index (κ2) is 6.41. The number of oxazole rings is 1. The number of hydrogen-bond donors (Lipinski definition) is 0. The Hall–Kier alpha value is -3.73. The van der Waals surface area contributed by atoms with Gasteiger partial charge in [-0.1, -0.05) is 12.1 Å². The van der Waals surface area contributed by atoms with Gasteiger partial charge in [-0.25, -0.2) is 4.98 Å². The summed E-state index contributed by atoms with van der Waals surface area (Å²) in [5, 5.41) is 20.3. The highest BCUT2D eigenvalue weighted by Crippen LogP contribution is 2.30. The molecule has 8 nitrogen and oxygen atoms in total. The van der Waals surface area contributed by atoms with Crippen LogP contribution in [0.2, 0.25) is 0 Å². The number of fused-ring (bicyclic) bond motifs is 1. The first-order valence-electron chi connectivity index (χ1n) is 7.17. The predicted octanol–water partition coefficient (Wildman–Crippen LogP) is 3.23. The van der Waals surface area contributed by atoms with Gasteiger partial charge in [0.05, 0.1) is 18.1 Å². The molecule has 0 bridgehead atoms. The van der Waals surface area contributed by atoms with Crippen molar-refractivity contribution in [2.75, 3.05) is 7.11 Å². The number of benzene rings is 2. The minimum Gasteiger partial charge on any atom is -0.490 e. The summed E-state index contributed by atoms with van der Waals surface area (Å²) in [7, 11) is 1.26. The molecule has 0 aliphatic heterocycles. The molecular formula is C17H11N3O5. The molecule has 0 aliphatic rings. The highest BCUT2D eigenvalue weighted by atomic mass is 16.6. The lowest BCUT2D eigenvalue weighted by Crippen LogP contribution is -2.12. The maximum atomic E-state index is 12.7. The second-order valence-electron chi connectivity index (χ2n) is 5.09. The molecule has 3 rings (SSSR count). The van der Waals surface area contributed by atoms with Crippen LogP contribution in [0.25, 0.3) is 11.1 Å². The molecule has 0 spiro atoms. The minimum atomic E-state index is -1.27. The molecule has 2 aromatic carbocycles. The summed E-state index contributed by atoms with van der Waals surface area (Å²) in [5.41, 5.74) is 0.823. The average molecular weight is 337 g/mol. The molecular weight excluding hydrogens is 326 g/mol. The Morgan fingerprint density at radius 2 is 2.12 bits per heavy atom. The Morgan fingerprint density at radius 1 is 1.36 bits per heavy atom. The molecule has 0 amide bonds. The van der Waals surface area contributed by atoms with Crippen molar-refractivity contribution in [3.05, 3.63) is 64.0 Å². The molecule has 0 N–H and O–H groups in total. The van der Waals surface area contributed by atoms with E-state index in [4.69, 9.17) is 9.15 Å². The number of aromatic nitrogens is 1. The fourth-order valence-corrected chi connectivity index (χ4v) is 2.39. The Kier molecular flexibility index (Phi) is 4.14. The van der Waals surface area contributed by atoms with Crippen molar-refractivity contribution in [1.29, 1.82) is 5.26 Å². The van der Waals surface area contributed by atoms with Gasteiger partial charge in [-0.05, 0) is 24.3 Å². The molecule has 0 fully saturated rings. The number of methoxy groups -OCH3 is 1. The summed E-state index contributed by atoms with van der Waals surface area (Å²) >= 11 is 0. The van der Waals surface area contributed by atoms with Gasteiger partial charge in [0, 0.05) is 11.6 Å². The molecule has 25 heavy (non-hydrogen) atoms. The van der Waals surface area contributed by atoms with Crippen LogP contribution in [0.4, 0.5) is 5.69 Å². The van der Waals surface area contributed by atoms with Crippen LogP contribution in [-0.4, -0.2) is 22.8 Å². The van der Waals surface area contributed by atoms with Crippen molar-refractivity contribution in [2.45, 2.75) is 5.92 Å². The van der Waals surface area contributed by atoms with Crippen molar-refractivity contribution in [3.8, 4) is 11.8 Å². The van der Waals surface area contributed by atoms with Crippen LogP contribution >= 0.6 is 0 Å². The first-order valence-corrected chi connectivity index (χ1v) is 7.17. The van der Waals surface area contributed by atoms with Crippen LogP contribution in [0.3, 0.4) is 0 Å². The van der Waals surface area contributed by atoms with E-state index in [9.17, 15) is 20.2 Å². The largest absolute Gasteiger partial charge is 0.490 e. The smallest absolute Gasteiger partial charge is 0.310 e. The monoisotopic (exact) mass is 337 g/mol. The number of carbonyl (C=O) groups excluding carboxylic acids is 1. The third-order valence-electron chi connectivity index (χ3n) is 3.61. The van der Waals surface area contributed by atoms with Gasteiger partial charge in [-0.3, -0.25) is 14.9 Å². The maximum absolute atomic E-state index is 12.7. The molecule has 1 atom stereocenters. The average Bonchev–Trinajstić information content (AvgIpc) is 3.05. The summed E-state index contributed by atoms with van der Waals surface area (Å²) in [5.74, 6) is -1.93. The minimum absolute atomic E-state index is 0.0222. The van der Waals surface area contributed by atoms with E-state index in [2.05, 4.69) is 4.98 Å². The summed E-state index contributed by atoms with van der Waals surface area (Å²) in [6.07, 6.45) is 0. The van der Waals surface area contributed by atoms with E-state index in [-0.39, 0.29) is 22.9 Å².